The minimum absolute atomic E-state index is 0.294. The van der Waals surface area contributed by atoms with Crippen LogP contribution in [0.1, 0.15) is 5.56 Å². The summed E-state index contributed by atoms with van der Waals surface area (Å²) >= 11 is 1.60. The number of thioether (sulfide) groups is 1. The molecule has 0 radical (unpaired) electrons. The van der Waals surface area contributed by atoms with Crippen LogP contribution in [-0.2, 0) is 4.79 Å². The van der Waals surface area contributed by atoms with E-state index in [0.29, 0.717) is 0 Å². The summed E-state index contributed by atoms with van der Waals surface area (Å²) in [6.45, 7) is 0. The van der Waals surface area contributed by atoms with Crippen molar-refractivity contribution < 1.29 is 14.3 Å². The molecule has 0 unspecified atom stereocenters. The first-order valence-electron chi connectivity index (χ1n) is 5.95. The van der Waals surface area contributed by atoms with Gasteiger partial charge in [-0.15, -0.1) is 11.8 Å². The Balaban J connectivity index is 2.52. The molecule has 0 aromatic heterocycles. The standard InChI is InChI=1S/C16H13FO2S/c1-20-14-8-4-12(5-9-16(18)19)15(10-14)11-2-6-13(17)7-3-11/h2-10H,1H3,(H,18,19)/b9-5+. The van der Waals surface area contributed by atoms with E-state index < -0.39 is 5.97 Å². The van der Waals surface area contributed by atoms with Gasteiger partial charge in [0.05, 0.1) is 0 Å². The predicted octanol–water partition coefficient (Wildman–Crippen LogP) is 4.31. The maximum Gasteiger partial charge on any atom is 0.328 e. The second-order valence-electron chi connectivity index (χ2n) is 4.13. The van der Waals surface area contributed by atoms with Gasteiger partial charge in [-0.1, -0.05) is 18.2 Å². The Morgan fingerprint density at radius 1 is 1.20 bits per heavy atom. The van der Waals surface area contributed by atoms with Crippen LogP contribution in [0.3, 0.4) is 0 Å². The van der Waals surface area contributed by atoms with Crippen molar-refractivity contribution in [2.45, 2.75) is 4.90 Å². The van der Waals surface area contributed by atoms with E-state index >= 15 is 0 Å². The average Bonchev–Trinajstić information content (AvgIpc) is 2.45. The molecule has 0 aliphatic carbocycles. The zero-order valence-corrected chi connectivity index (χ0v) is 11.7. The van der Waals surface area contributed by atoms with Gasteiger partial charge in [-0.05, 0) is 53.3 Å². The topological polar surface area (TPSA) is 37.3 Å². The van der Waals surface area contributed by atoms with Gasteiger partial charge in [0.2, 0.25) is 0 Å². The summed E-state index contributed by atoms with van der Waals surface area (Å²) < 4.78 is 13.0. The van der Waals surface area contributed by atoms with Crippen molar-refractivity contribution in [1.29, 1.82) is 0 Å². The van der Waals surface area contributed by atoms with E-state index in [1.807, 2.05) is 24.5 Å². The lowest BCUT2D eigenvalue weighted by molar-refractivity contribution is -0.131. The number of hydrogen-bond acceptors (Lipinski definition) is 2. The van der Waals surface area contributed by atoms with Crippen LogP contribution in [0.25, 0.3) is 17.2 Å². The summed E-state index contributed by atoms with van der Waals surface area (Å²) in [6.07, 6.45) is 4.61. The van der Waals surface area contributed by atoms with E-state index in [2.05, 4.69) is 0 Å². The second-order valence-corrected chi connectivity index (χ2v) is 5.01. The number of carbonyl (C=O) groups is 1. The summed E-state index contributed by atoms with van der Waals surface area (Å²) in [6, 6.07) is 11.9. The zero-order chi connectivity index (χ0) is 14.5. The number of hydrogen-bond donors (Lipinski definition) is 1. The third-order valence-corrected chi connectivity index (χ3v) is 3.55. The molecule has 2 rings (SSSR count). The summed E-state index contributed by atoms with van der Waals surface area (Å²) in [4.78, 5) is 11.7. The fraction of sp³-hybridized carbons (Fsp3) is 0.0625. The van der Waals surface area contributed by atoms with Crippen LogP contribution < -0.4 is 0 Å². The molecule has 102 valence electrons. The van der Waals surface area contributed by atoms with Crippen LogP contribution in [0.4, 0.5) is 4.39 Å². The van der Waals surface area contributed by atoms with Gasteiger partial charge in [-0.3, -0.25) is 0 Å². The molecule has 0 aliphatic rings. The van der Waals surface area contributed by atoms with E-state index in [1.165, 1.54) is 12.1 Å². The van der Waals surface area contributed by atoms with E-state index in [1.54, 1.807) is 30.0 Å². The maximum atomic E-state index is 13.0. The second kappa shape index (κ2) is 6.39. The SMILES string of the molecule is CSc1ccc(/C=C/C(=O)O)c(-c2ccc(F)cc2)c1. The van der Waals surface area contributed by atoms with Gasteiger partial charge in [0.1, 0.15) is 5.82 Å². The summed E-state index contributed by atoms with van der Waals surface area (Å²) in [5.74, 6) is -1.29. The number of carboxylic acids is 1. The Kier molecular flexibility index (Phi) is 4.58. The minimum atomic E-state index is -0.996. The van der Waals surface area contributed by atoms with E-state index in [4.69, 9.17) is 5.11 Å². The number of carboxylic acid groups (broad SMARTS) is 1. The van der Waals surface area contributed by atoms with E-state index in [0.717, 1.165) is 27.7 Å². The van der Waals surface area contributed by atoms with Crippen molar-refractivity contribution in [3.63, 3.8) is 0 Å². The molecule has 0 atom stereocenters. The Hall–Kier alpha value is -2.07. The van der Waals surface area contributed by atoms with Crippen LogP contribution in [0.15, 0.2) is 53.4 Å². The highest BCUT2D eigenvalue weighted by Gasteiger charge is 2.05. The average molecular weight is 288 g/mol. The van der Waals surface area contributed by atoms with Gasteiger partial charge >= 0.3 is 5.97 Å². The molecular formula is C16H13FO2S. The normalized spacial score (nSPS) is 10.9. The van der Waals surface area contributed by atoms with Crippen molar-refractivity contribution in [2.75, 3.05) is 6.26 Å². The molecule has 20 heavy (non-hydrogen) atoms. The number of rotatable bonds is 4. The summed E-state index contributed by atoms with van der Waals surface area (Å²) in [5, 5.41) is 8.73. The van der Waals surface area contributed by atoms with Crippen molar-refractivity contribution in [3.8, 4) is 11.1 Å². The molecule has 0 saturated heterocycles. The molecule has 0 heterocycles. The van der Waals surface area contributed by atoms with Crippen molar-refractivity contribution in [1.82, 2.24) is 0 Å². The van der Waals surface area contributed by atoms with Crippen LogP contribution in [0, 0.1) is 5.82 Å². The van der Waals surface area contributed by atoms with Gasteiger partial charge in [-0.25, -0.2) is 9.18 Å². The van der Waals surface area contributed by atoms with Crippen molar-refractivity contribution in [3.05, 3.63) is 59.9 Å². The summed E-state index contributed by atoms with van der Waals surface area (Å²) in [5.41, 5.74) is 2.53. The van der Waals surface area contributed by atoms with Crippen LogP contribution in [0.2, 0.25) is 0 Å². The molecule has 0 fully saturated rings. The fourth-order valence-corrected chi connectivity index (χ4v) is 2.29. The first-order valence-corrected chi connectivity index (χ1v) is 7.17. The van der Waals surface area contributed by atoms with Gasteiger partial charge in [0.25, 0.3) is 0 Å². The van der Waals surface area contributed by atoms with Gasteiger partial charge < -0.3 is 5.11 Å². The van der Waals surface area contributed by atoms with Crippen LogP contribution >= 0.6 is 11.8 Å². The molecule has 0 amide bonds. The minimum Gasteiger partial charge on any atom is -0.478 e. The van der Waals surface area contributed by atoms with E-state index in [9.17, 15) is 9.18 Å². The molecule has 0 aliphatic heterocycles. The molecule has 4 heteroatoms. The molecule has 2 nitrogen and oxygen atoms in total. The van der Waals surface area contributed by atoms with Gasteiger partial charge in [0.15, 0.2) is 0 Å². The third-order valence-electron chi connectivity index (χ3n) is 2.82. The highest BCUT2D eigenvalue weighted by atomic mass is 32.2. The Morgan fingerprint density at radius 2 is 1.90 bits per heavy atom. The molecule has 0 bridgehead atoms. The maximum absolute atomic E-state index is 13.0. The molecule has 2 aromatic carbocycles. The monoisotopic (exact) mass is 288 g/mol. The molecular weight excluding hydrogens is 275 g/mol. The molecule has 0 saturated carbocycles. The number of aliphatic carboxylic acids is 1. The highest BCUT2D eigenvalue weighted by Crippen LogP contribution is 2.29. The first-order chi connectivity index (χ1) is 9.60. The number of benzene rings is 2. The molecule has 1 N–H and O–H groups in total. The number of halogens is 1. The van der Waals surface area contributed by atoms with Gasteiger partial charge in [0, 0.05) is 11.0 Å². The molecule has 2 aromatic rings. The fourth-order valence-electron chi connectivity index (χ4n) is 1.85. The van der Waals surface area contributed by atoms with Crippen molar-refractivity contribution in [2.24, 2.45) is 0 Å². The lowest BCUT2D eigenvalue weighted by atomic mass is 9.99. The summed E-state index contributed by atoms with van der Waals surface area (Å²) in [7, 11) is 0. The first kappa shape index (κ1) is 14.3. The lowest BCUT2D eigenvalue weighted by Crippen LogP contribution is -1.89. The Morgan fingerprint density at radius 3 is 2.50 bits per heavy atom. The van der Waals surface area contributed by atoms with Crippen LogP contribution in [0.5, 0.6) is 0 Å². The smallest absolute Gasteiger partial charge is 0.328 e. The zero-order valence-electron chi connectivity index (χ0n) is 10.8. The highest BCUT2D eigenvalue weighted by molar-refractivity contribution is 7.98. The largest absolute Gasteiger partial charge is 0.478 e. The van der Waals surface area contributed by atoms with E-state index in [-0.39, 0.29) is 5.82 Å². The molecule has 0 spiro atoms. The predicted molar refractivity (Wildman–Crippen MR) is 80.3 cm³/mol. The van der Waals surface area contributed by atoms with Gasteiger partial charge in [-0.2, -0.15) is 0 Å². The lowest BCUT2D eigenvalue weighted by Gasteiger charge is -2.08. The Bertz CT molecular complexity index is 648. The third kappa shape index (κ3) is 3.48. The van der Waals surface area contributed by atoms with Crippen molar-refractivity contribution >= 4 is 23.8 Å². The quantitative estimate of drug-likeness (QED) is 0.672. The Labute approximate surface area is 121 Å². The van der Waals surface area contributed by atoms with Crippen LogP contribution in [-0.4, -0.2) is 17.3 Å².